The van der Waals surface area contributed by atoms with Gasteiger partial charge in [-0.2, -0.15) is 0 Å². The van der Waals surface area contributed by atoms with Gasteiger partial charge in [0.05, 0.1) is 44.1 Å². The molecule has 1 aromatic carbocycles. The smallest absolute Gasteiger partial charge is 0.329 e. The number of amides is 4. The highest BCUT2D eigenvalue weighted by Gasteiger charge is 2.37. The number of fused-ring (bicyclic) bond motifs is 1. The first-order chi connectivity index (χ1) is 23.6. The third-order valence-corrected chi connectivity index (χ3v) is 9.36. The molecule has 50 heavy (non-hydrogen) atoms. The fourth-order valence-electron chi connectivity index (χ4n) is 6.46. The minimum absolute atomic E-state index is 0. The number of rotatable bonds is 16. The summed E-state index contributed by atoms with van der Waals surface area (Å²) < 4.78 is 17.5. The molecule has 2 aromatic rings. The van der Waals surface area contributed by atoms with Crippen molar-refractivity contribution in [3.8, 4) is 5.75 Å². The van der Waals surface area contributed by atoms with Crippen molar-refractivity contribution in [2.45, 2.75) is 51.1 Å². The van der Waals surface area contributed by atoms with Crippen LogP contribution in [0.3, 0.4) is 0 Å². The minimum atomic E-state index is -1.07. The van der Waals surface area contributed by atoms with Crippen molar-refractivity contribution >= 4 is 52.9 Å². The van der Waals surface area contributed by atoms with Gasteiger partial charge in [0, 0.05) is 51.2 Å². The van der Waals surface area contributed by atoms with Crippen molar-refractivity contribution in [3.63, 3.8) is 0 Å². The summed E-state index contributed by atoms with van der Waals surface area (Å²) >= 11 is 0. The first-order valence-corrected chi connectivity index (χ1v) is 16.9. The molecule has 4 N–H and O–H groups in total. The molecule has 1 saturated heterocycles. The molecule has 2 atom stereocenters. The number of carboxylic acids is 1. The van der Waals surface area contributed by atoms with Crippen molar-refractivity contribution in [3.05, 3.63) is 29.5 Å². The lowest BCUT2D eigenvalue weighted by Gasteiger charge is -2.39. The molecule has 15 nitrogen and oxygen atoms in total. The van der Waals surface area contributed by atoms with Crippen LogP contribution in [0, 0.1) is 5.92 Å². The first kappa shape index (κ1) is 40.5. The molecule has 0 radical (unpaired) electrons. The highest BCUT2D eigenvalue weighted by Crippen LogP contribution is 2.31. The van der Waals surface area contributed by atoms with Crippen LogP contribution in [0.1, 0.15) is 59.9 Å². The fourth-order valence-corrected chi connectivity index (χ4v) is 6.46. The van der Waals surface area contributed by atoms with Crippen molar-refractivity contribution in [1.82, 2.24) is 30.3 Å². The van der Waals surface area contributed by atoms with Gasteiger partial charge in [0.15, 0.2) is 0 Å². The number of methoxy groups -OCH3 is 1. The van der Waals surface area contributed by atoms with Crippen LogP contribution in [-0.4, -0.2) is 134 Å². The molecule has 1 saturated carbocycles. The molecule has 4 amide bonds. The first-order valence-electron chi connectivity index (χ1n) is 16.9. The number of nitrogens with zero attached hydrogens (tertiary/aromatic N) is 3. The van der Waals surface area contributed by atoms with Gasteiger partial charge in [-0.05, 0) is 44.9 Å². The average Bonchev–Trinajstić information content (AvgIpc) is 3.41. The monoisotopic (exact) mass is 722 g/mol. The minimum Gasteiger partial charge on any atom is -0.497 e. The molecule has 2 fully saturated rings. The van der Waals surface area contributed by atoms with E-state index in [0.29, 0.717) is 29.7 Å². The second-order valence-corrected chi connectivity index (χ2v) is 12.5. The summed E-state index contributed by atoms with van der Waals surface area (Å²) in [4.78, 5) is 68.4. The predicted octanol–water partition coefficient (Wildman–Crippen LogP) is 1.41. The Kier molecular flexibility index (Phi) is 15.8. The summed E-state index contributed by atoms with van der Waals surface area (Å²) in [5.74, 6) is -1.53. The van der Waals surface area contributed by atoms with Crippen LogP contribution in [0.4, 0.5) is 0 Å². The number of carbonyl (C=O) groups excluding carboxylic acids is 4. The Labute approximate surface area is 298 Å². The molecule has 278 valence electrons. The van der Waals surface area contributed by atoms with Gasteiger partial charge in [-0.25, -0.2) is 4.79 Å². The quantitative estimate of drug-likeness (QED) is 0.185. The third-order valence-electron chi connectivity index (χ3n) is 9.36. The predicted molar refractivity (Wildman–Crippen MR) is 188 cm³/mol. The van der Waals surface area contributed by atoms with Gasteiger partial charge in [0.2, 0.25) is 11.8 Å². The van der Waals surface area contributed by atoms with Crippen LogP contribution in [0.5, 0.6) is 5.75 Å². The number of halogens is 1. The summed E-state index contributed by atoms with van der Waals surface area (Å²) in [6.07, 6.45) is 4.94. The van der Waals surface area contributed by atoms with Crippen molar-refractivity contribution in [2.24, 2.45) is 13.0 Å². The number of likely N-dealkylation sites (N-methyl/N-ethyl adjacent to an activating group) is 1. The van der Waals surface area contributed by atoms with Crippen LogP contribution in [0.15, 0.2) is 18.2 Å². The van der Waals surface area contributed by atoms with Crippen molar-refractivity contribution in [1.29, 1.82) is 0 Å². The van der Waals surface area contributed by atoms with Crippen LogP contribution >= 0.6 is 12.4 Å². The van der Waals surface area contributed by atoms with E-state index in [1.165, 1.54) is 0 Å². The van der Waals surface area contributed by atoms with Crippen molar-refractivity contribution < 1.29 is 43.3 Å². The van der Waals surface area contributed by atoms with E-state index in [4.69, 9.17) is 19.3 Å². The van der Waals surface area contributed by atoms with E-state index in [1.807, 2.05) is 0 Å². The van der Waals surface area contributed by atoms with Crippen LogP contribution in [0.25, 0.3) is 10.9 Å². The Hall–Kier alpha value is -3.92. The van der Waals surface area contributed by atoms with Gasteiger partial charge in [-0.3, -0.25) is 19.2 Å². The number of carbonyl (C=O) groups is 5. The lowest BCUT2D eigenvalue weighted by Crippen LogP contribution is -2.59. The highest BCUT2D eigenvalue weighted by molar-refractivity contribution is 6.16. The number of aromatic nitrogens is 1. The van der Waals surface area contributed by atoms with Crippen LogP contribution in [-0.2, 0) is 30.9 Å². The second kappa shape index (κ2) is 19.5. The molecule has 0 spiro atoms. The lowest BCUT2D eigenvalue weighted by atomic mass is 9.83. The SMILES string of the molecule is CN[C@@H](C)C(=O)N[C@H](C(=O)N1CCN(C(=O)c2c(C(=O)NCCOCCOCC(=O)O)c3ccc(OC)cc3n2C)CC1)C1CCCCC1.Cl. The molecular weight excluding hydrogens is 672 g/mol. The molecule has 1 aromatic heterocycles. The number of carboxylic acid groups (broad SMARTS) is 1. The molecule has 16 heteroatoms. The third kappa shape index (κ3) is 10.1. The van der Waals surface area contributed by atoms with E-state index in [2.05, 4.69) is 16.0 Å². The summed E-state index contributed by atoms with van der Waals surface area (Å²) in [6.45, 7) is 3.09. The Morgan fingerprint density at radius 1 is 0.960 bits per heavy atom. The number of aliphatic carboxylic acids is 1. The molecular formula is C34H51ClN6O9. The number of nitrogens with one attached hydrogen (secondary N) is 3. The Bertz CT molecular complexity index is 1490. The van der Waals surface area contributed by atoms with Gasteiger partial charge < -0.3 is 49.6 Å². The largest absolute Gasteiger partial charge is 0.497 e. The van der Waals surface area contributed by atoms with Crippen molar-refractivity contribution in [2.75, 3.05) is 73.3 Å². The molecule has 4 rings (SSSR count). The van der Waals surface area contributed by atoms with E-state index in [0.717, 1.165) is 32.1 Å². The van der Waals surface area contributed by atoms with Gasteiger partial charge in [-0.1, -0.05) is 19.3 Å². The van der Waals surface area contributed by atoms with E-state index in [9.17, 15) is 24.0 Å². The van der Waals surface area contributed by atoms with Gasteiger partial charge >= 0.3 is 5.97 Å². The number of hydrogen-bond acceptors (Lipinski definition) is 9. The summed E-state index contributed by atoms with van der Waals surface area (Å²) in [6, 6.07) is 4.21. The van der Waals surface area contributed by atoms with E-state index in [-0.39, 0.29) is 86.8 Å². The zero-order valence-electron chi connectivity index (χ0n) is 29.3. The summed E-state index contributed by atoms with van der Waals surface area (Å²) in [5, 5.41) is 18.0. The highest BCUT2D eigenvalue weighted by atomic mass is 35.5. The molecule has 1 aliphatic heterocycles. The number of piperazine rings is 1. The maximum Gasteiger partial charge on any atom is 0.329 e. The normalized spacial score (nSPS) is 16.3. The molecule has 1 aliphatic carbocycles. The Morgan fingerprint density at radius 2 is 1.62 bits per heavy atom. The zero-order valence-corrected chi connectivity index (χ0v) is 30.1. The topological polar surface area (TPSA) is 181 Å². The number of aryl methyl sites for hydroxylation is 1. The molecule has 2 heterocycles. The number of ether oxygens (including phenoxy) is 3. The van der Waals surface area contributed by atoms with Gasteiger partial charge in [0.25, 0.3) is 11.8 Å². The zero-order chi connectivity index (χ0) is 35.5. The summed E-state index contributed by atoms with van der Waals surface area (Å²) in [5.41, 5.74) is 1.10. The fraction of sp³-hybridized carbons (Fsp3) is 0.618. The maximum absolute atomic E-state index is 14.2. The Morgan fingerprint density at radius 3 is 2.26 bits per heavy atom. The van der Waals surface area contributed by atoms with E-state index >= 15 is 0 Å². The van der Waals surface area contributed by atoms with Crippen LogP contribution < -0.4 is 20.7 Å². The molecule has 0 unspecified atom stereocenters. The van der Waals surface area contributed by atoms with Gasteiger partial charge in [0.1, 0.15) is 24.1 Å². The molecule has 2 aliphatic rings. The standard InChI is InChI=1S/C34H50N6O9.ClH/c1-22(35-2)31(43)37-29(23-8-6-5-7-9-23)33(45)39-13-15-40(16-14-39)34(46)30-28(25-11-10-24(47-4)20-26(25)38(30)3)32(44)36-12-17-48-18-19-49-21-27(41)42;/h10-11,20,22-23,29,35H,5-9,12-19,21H2,1-4H3,(H,36,44)(H,37,43)(H,41,42);1H/t22-,29-;/m0./s1. The van der Waals surface area contributed by atoms with Gasteiger partial charge in [-0.15, -0.1) is 12.4 Å². The maximum atomic E-state index is 14.2. The second-order valence-electron chi connectivity index (χ2n) is 12.5. The van der Waals surface area contributed by atoms with E-state index < -0.39 is 30.6 Å². The number of hydrogen-bond donors (Lipinski definition) is 4. The molecule has 0 bridgehead atoms. The van der Waals surface area contributed by atoms with Crippen LogP contribution in [0.2, 0.25) is 0 Å². The lowest BCUT2D eigenvalue weighted by molar-refractivity contribution is -0.142. The summed E-state index contributed by atoms with van der Waals surface area (Å²) in [7, 11) is 4.98. The average molecular weight is 723 g/mol. The van der Waals surface area contributed by atoms with E-state index in [1.54, 1.807) is 60.7 Å². The Balaban J connectivity index is 0.00000676. The number of benzene rings is 1.